The van der Waals surface area contributed by atoms with Crippen LogP contribution in [0.2, 0.25) is 0 Å². The fourth-order valence-electron chi connectivity index (χ4n) is 1.77. The Morgan fingerprint density at radius 2 is 2.26 bits per heavy atom. The van der Waals surface area contributed by atoms with E-state index in [1.54, 1.807) is 0 Å². The van der Waals surface area contributed by atoms with E-state index in [9.17, 15) is 0 Å². The number of nitrogens with zero attached hydrogens (tertiary/aromatic N) is 2. The molecule has 0 atom stereocenters. The van der Waals surface area contributed by atoms with E-state index in [1.807, 2.05) is 36.3 Å². The molecule has 0 aliphatic heterocycles. The summed E-state index contributed by atoms with van der Waals surface area (Å²) in [5.74, 6) is 2.10. The van der Waals surface area contributed by atoms with Crippen LogP contribution in [-0.4, -0.2) is 39.1 Å². The highest BCUT2D eigenvalue weighted by molar-refractivity contribution is 9.10. The lowest BCUT2D eigenvalue weighted by molar-refractivity contribution is 0.296. The van der Waals surface area contributed by atoms with Gasteiger partial charge < -0.3 is 14.8 Å². The summed E-state index contributed by atoms with van der Waals surface area (Å²) in [5.41, 5.74) is 2.13. The number of aliphatic hydroxyl groups excluding tert-OH is 1. The van der Waals surface area contributed by atoms with Crippen LogP contribution >= 0.6 is 27.7 Å². The maximum atomic E-state index is 8.67. The molecule has 104 valence electrons. The molecule has 2 N–H and O–H groups in total. The Kier molecular flexibility index (Phi) is 6.16. The molecule has 0 saturated heterocycles. The standard InChI is InChI=1S/C13H18BrN3OS/c14-11-2-3-13-16-9-12(17(13)10-11)8-15-4-7-19-6-1-5-18/h2-3,9-10,15,18H,1,4-8H2. The van der Waals surface area contributed by atoms with Gasteiger partial charge in [-0.15, -0.1) is 0 Å². The van der Waals surface area contributed by atoms with Gasteiger partial charge in [0, 0.05) is 36.1 Å². The summed E-state index contributed by atoms with van der Waals surface area (Å²) < 4.78 is 3.15. The first-order chi connectivity index (χ1) is 9.31. The number of hydrogen-bond acceptors (Lipinski definition) is 4. The number of aliphatic hydroxyl groups is 1. The second-order valence-corrected chi connectivity index (χ2v) is 6.33. The van der Waals surface area contributed by atoms with Crippen molar-refractivity contribution in [2.24, 2.45) is 0 Å². The van der Waals surface area contributed by atoms with Gasteiger partial charge in [-0.2, -0.15) is 11.8 Å². The molecule has 0 aliphatic rings. The third-order valence-corrected chi connectivity index (χ3v) is 4.26. The van der Waals surface area contributed by atoms with Crippen LogP contribution in [0.15, 0.2) is 29.0 Å². The van der Waals surface area contributed by atoms with E-state index in [1.165, 1.54) is 0 Å². The number of imidazole rings is 1. The summed E-state index contributed by atoms with van der Waals surface area (Å²) in [6.07, 6.45) is 4.83. The average molecular weight is 344 g/mol. The van der Waals surface area contributed by atoms with Gasteiger partial charge >= 0.3 is 0 Å². The second-order valence-electron chi connectivity index (χ2n) is 4.19. The molecule has 0 amide bonds. The van der Waals surface area contributed by atoms with Crippen molar-refractivity contribution in [1.82, 2.24) is 14.7 Å². The number of nitrogens with one attached hydrogen (secondary N) is 1. The van der Waals surface area contributed by atoms with Crippen LogP contribution in [0.3, 0.4) is 0 Å². The predicted molar refractivity (Wildman–Crippen MR) is 83.6 cm³/mol. The van der Waals surface area contributed by atoms with Crippen molar-refractivity contribution in [3.63, 3.8) is 0 Å². The number of pyridine rings is 1. The van der Waals surface area contributed by atoms with Crippen molar-refractivity contribution in [1.29, 1.82) is 0 Å². The number of hydrogen-bond donors (Lipinski definition) is 2. The van der Waals surface area contributed by atoms with Gasteiger partial charge in [-0.3, -0.25) is 0 Å². The Morgan fingerprint density at radius 1 is 1.37 bits per heavy atom. The highest BCUT2D eigenvalue weighted by Crippen LogP contribution is 2.13. The maximum absolute atomic E-state index is 8.67. The maximum Gasteiger partial charge on any atom is 0.136 e. The zero-order valence-electron chi connectivity index (χ0n) is 10.7. The van der Waals surface area contributed by atoms with Gasteiger partial charge in [-0.25, -0.2) is 4.98 Å². The average Bonchev–Trinajstić information content (AvgIpc) is 2.80. The van der Waals surface area contributed by atoms with Crippen LogP contribution < -0.4 is 5.32 Å². The van der Waals surface area contributed by atoms with Gasteiger partial charge in [-0.05, 0) is 40.2 Å². The fraction of sp³-hybridized carbons (Fsp3) is 0.462. The van der Waals surface area contributed by atoms with Crippen molar-refractivity contribution in [2.75, 3.05) is 24.7 Å². The Hall–Kier alpha value is -0.560. The Bertz CT molecular complexity index is 518. The first-order valence-corrected chi connectivity index (χ1v) is 8.27. The van der Waals surface area contributed by atoms with Gasteiger partial charge in [0.05, 0.1) is 11.9 Å². The van der Waals surface area contributed by atoms with Crippen LogP contribution in [0, 0.1) is 0 Å². The molecule has 0 unspecified atom stereocenters. The highest BCUT2D eigenvalue weighted by Gasteiger charge is 2.02. The van der Waals surface area contributed by atoms with Gasteiger partial charge in [0.15, 0.2) is 0 Å². The quantitative estimate of drug-likeness (QED) is 0.722. The van der Waals surface area contributed by atoms with Crippen LogP contribution in [0.4, 0.5) is 0 Å². The molecule has 19 heavy (non-hydrogen) atoms. The van der Waals surface area contributed by atoms with Crippen molar-refractivity contribution in [3.05, 3.63) is 34.7 Å². The van der Waals surface area contributed by atoms with E-state index in [4.69, 9.17) is 5.11 Å². The van der Waals surface area contributed by atoms with Crippen LogP contribution in [0.1, 0.15) is 12.1 Å². The number of thioether (sulfide) groups is 1. The number of rotatable bonds is 8. The first kappa shape index (κ1) is 14.8. The molecule has 4 nitrogen and oxygen atoms in total. The molecular weight excluding hydrogens is 326 g/mol. The summed E-state index contributed by atoms with van der Waals surface area (Å²) in [5, 5.41) is 12.1. The summed E-state index contributed by atoms with van der Waals surface area (Å²) in [6, 6.07) is 4.00. The predicted octanol–water partition coefficient (Wildman–Crippen LogP) is 2.30. The third kappa shape index (κ3) is 4.49. The molecule has 2 heterocycles. The Labute approximate surface area is 125 Å². The summed E-state index contributed by atoms with van der Waals surface area (Å²) in [7, 11) is 0. The molecular formula is C13H18BrN3OS. The Balaban J connectivity index is 1.77. The van der Waals surface area contributed by atoms with Crippen molar-refractivity contribution < 1.29 is 5.11 Å². The molecule has 0 fully saturated rings. The molecule has 0 bridgehead atoms. The fourth-order valence-corrected chi connectivity index (χ4v) is 2.93. The number of aromatic nitrogens is 2. The molecule has 0 radical (unpaired) electrons. The highest BCUT2D eigenvalue weighted by atomic mass is 79.9. The molecule has 0 aliphatic carbocycles. The molecule has 2 aromatic rings. The lowest BCUT2D eigenvalue weighted by atomic mass is 10.4. The number of halogens is 1. The summed E-state index contributed by atoms with van der Waals surface area (Å²) >= 11 is 5.34. The minimum absolute atomic E-state index is 0.289. The molecule has 6 heteroatoms. The smallest absolute Gasteiger partial charge is 0.136 e. The van der Waals surface area contributed by atoms with Crippen LogP contribution in [0.5, 0.6) is 0 Å². The van der Waals surface area contributed by atoms with E-state index >= 15 is 0 Å². The topological polar surface area (TPSA) is 49.6 Å². The van der Waals surface area contributed by atoms with E-state index in [2.05, 4.69) is 30.6 Å². The lowest BCUT2D eigenvalue weighted by Crippen LogP contribution is -2.17. The van der Waals surface area contributed by atoms with E-state index in [0.29, 0.717) is 0 Å². The van der Waals surface area contributed by atoms with Gasteiger partial charge in [0.25, 0.3) is 0 Å². The minimum atomic E-state index is 0.289. The molecule has 0 saturated carbocycles. The number of fused-ring (bicyclic) bond motifs is 1. The molecule has 0 aromatic carbocycles. The molecule has 2 rings (SSSR count). The van der Waals surface area contributed by atoms with Gasteiger partial charge in [0.1, 0.15) is 5.65 Å². The van der Waals surface area contributed by atoms with Crippen molar-refractivity contribution >= 4 is 33.3 Å². The molecule has 0 spiro atoms. The second kappa shape index (κ2) is 7.89. The summed E-state index contributed by atoms with van der Waals surface area (Å²) in [6.45, 7) is 2.08. The summed E-state index contributed by atoms with van der Waals surface area (Å²) in [4.78, 5) is 4.37. The first-order valence-electron chi connectivity index (χ1n) is 6.32. The monoisotopic (exact) mass is 343 g/mol. The van der Waals surface area contributed by atoms with Crippen LogP contribution in [-0.2, 0) is 6.54 Å². The van der Waals surface area contributed by atoms with Crippen molar-refractivity contribution in [2.45, 2.75) is 13.0 Å². The molecule has 2 aromatic heterocycles. The third-order valence-electron chi connectivity index (χ3n) is 2.72. The van der Waals surface area contributed by atoms with E-state index in [0.717, 1.165) is 46.8 Å². The van der Waals surface area contributed by atoms with Crippen molar-refractivity contribution in [3.8, 4) is 0 Å². The zero-order valence-corrected chi connectivity index (χ0v) is 13.1. The largest absolute Gasteiger partial charge is 0.396 e. The zero-order chi connectivity index (χ0) is 13.5. The Morgan fingerprint density at radius 3 is 3.11 bits per heavy atom. The van der Waals surface area contributed by atoms with Gasteiger partial charge in [-0.1, -0.05) is 0 Å². The SMILES string of the molecule is OCCCSCCNCc1cnc2ccc(Br)cn12. The van der Waals surface area contributed by atoms with Gasteiger partial charge in [0.2, 0.25) is 0 Å². The minimum Gasteiger partial charge on any atom is -0.396 e. The van der Waals surface area contributed by atoms with E-state index < -0.39 is 0 Å². The van der Waals surface area contributed by atoms with Crippen LogP contribution in [0.25, 0.3) is 5.65 Å². The lowest BCUT2D eigenvalue weighted by Gasteiger charge is -2.05. The normalized spacial score (nSPS) is 11.3. The van der Waals surface area contributed by atoms with E-state index in [-0.39, 0.29) is 6.61 Å².